The van der Waals surface area contributed by atoms with Crippen LogP contribution in [0.4, 0.5) is 0 Å². The zero-order valence-electron chi connectivity index (χ0n) is 9.76. The van der Waals surface area contributed by atoms with E-state index in [0.29, 0.717) is 6.54 Å². The van der Waals surface area contributed by atoms with E-state index in [2.05, 4.69) is 9.44 Å². The SMILES string of the molecule is CCCNS(=O)(=O)N[C@@H](CO)c1ccccc1. The third-order valence-corrected chi connectivity index (χ3v) is 3.40. The van der Waals surface area contributed by atoms with Crippen molar-refractivity contribution < 1.29 is 13.5 Å². The van der Waals surface area contributed by atoms with Crippen molar-refractivity contribution in [3.8, 4) is 0 Å². The summed E-state index contributed by atoms with van der Waals surface area (Å²) in [5, 5.41) is 9.21. The average molecular weight is 258 g/mol. The van der Waals surface area contributed by atoms with Crippen LogP contribution in [0.25, 0.3) is 0 Å². The van der Waals surface area contributed by atoms with E-state index in [-0.39, 0.29) is 6.61 Å². The Morgan fingerprint density at radius 1 is 1.29 bits per heavy atom. The normalized spacial score (nSPS) is 13.5. The van der Waals surface area contributed by atoms with Gasteiger partial charge in [0.05, 0.1) is 12.6 Å². The fourth-order valence-electron chi connectivity index (χ4n) is 1.36. The van der Waals surface area contributed by atoms with Gasteiger partial charge in [0.2, 0.25) is 0 Å². The minimum Gasteiger partial charge on any atom is -0.394 e. The predicted octanol–water partition coefficient (Wildman–Crippen LogP) is 0.554. The summed E-state index contributed by atoms with van der Waals surface area (Å²) in [4.78, 5) is 0. The van der Waals surface area contributed by atoms with Crippen LogP contribution in [0.5, 0.6) is 0 Å². The highest BCUT2D eigenvalue weighted by molar-refractivity contribution is 7.87. The van der Waals surface area contributed by atoms with E-state index in [1.807, 2.05) is 13.0 Å². The van der Waals surface area contributed by atoms with Crippen molar-refractivity contribution in [2.24, 2.45) is 0 Å². The van der Waals surface area contributed by atoms with Gasteiger partial charge in [-0.2, -0.15) is 13.1 Å². The van der Waals surface area contributed by atoms with Gasteiger partial charge in [0, 0.05) is 6.54 Å². The van der Waals surface area contributed by atoms with Gasteiger partial charge >= 0.3 is 0 Å². The second kappa shape index (κ2) is 6.70. The number of hydrogen-bond acceptors (Lipinski definition) is 3. The maximum atomic E-state index is 11.6. The van der Waals surface area contributed by atoms with Crippen LogP contribution in [0.15, 0.2) is 30.3 Å². The molecular formula is C11H18N2O3S. The van der Waals surface area contributed by atoms with Crippen LogP contribution in [-0.2, 0) is 10.2 Å². The fourth-order valence-corrected chi connectivity index (χ4v) is 2.50. The quantitative estimate of drug-likeness (QED) is 0.668. The van der Waals surface area contributed by atoms with Gasteiger partial charge in [-0.25, -0.2) is 4.72 Å². The zero-order valence-corrected chi connectivity index (χ0v) is 10.6. The van der Waals surface area contributed by atoms with Crippen molar-refractivity contribution in [1.29, 1.82) is 0 Å². The Balaban J connectivity index is 2.71. The molecule has 0 heterocycles. The average Bonchev–Trinajstić information content (AvgIpc) is 2.35. The summed E-state index contributed by atoms with van der Waals surface area (Å²) in [5.74, 6) is 0. The minimum absolute atomic E-state index is 0.281. The van der Waals surface area contributed by atoms with Gasteiger partial charge in [0.1, 0.15) is 0 Å². The molecule has 0 aliphatic carbocycles. The Hall–Kier alpha value is -0.950. The highest BCUT2D eigenvalue weighted by Gasteiger charge is 2.17. The van der Waals surface area contributed by atoms with Crippen LogP contribution in [-0.4, -0.2) is 26.7 Å². The molecule has 0 radical (unpaired) electrons. The highest BCUT2D eigenvalue weighted by Crippen LogP contribution is 2.12. The smallest absolute Gasteiger partial charge is 0.277 e. The lowest BCUT2D eigenvalue weighted by molar-refractivity contribution is 0.258. The van der Waals surface area contributed by atoms with Crippen molar-refractivity contribution in [1.82, 2.24) is 9.44 Å². The molecule has 6 heteroatoms. The number of hydrogen-bond donors (Lipinski definition) is 3. The monoisotopic (exact) mass is 258 g/mol. The van der Waals surface area contributed by atoms with E-state index >= 15 is 0 Å². The van der Waals surface area contributed by atoms with E-state index in [9.17, 15) is 13.5 Å². The van der Waals surface area contributed by atoms with Gasteiger partial charge in [-0.05, 0) is 12.0 Å². The molecule has 17 heavy (non-hydrogen) atoms. The first-order valence-electron chi connectivity index (χ1n) is 5.51. The minimum atomic E-state index is -3.56. The predicted molar refractivity (Wildman–Crippen MR) is 66.6 cm³/mol. The molecule has 1 atom stereocenters. The lowest BCUT2D eigenvalue weighted by Crippen LogP contribution is -2.40. The molecule has 1 aromatic rings. The summed E-state index contributed by atoms with van der Waals surface area (Å²) in [6.07, 6.45) is 0.718. The molecule has 0 saturated heterocycles. The van der Waals surface area contributed by atoms with E-state index in [1.165, 1.54) is 0 Å². The molecule has 0 aliphatic rings. The Morgan fingerprint density at radius 3 is 2.47 bits per heavy atom. The van der Waals surface area contributed by atoms with Crippen LogP contribution in [0.3, 0.4) is 0 Å². The third-order valence-electron chi connectivity index (χ3n) is 2.22. The standard InChI is InChI=1S/C11H18N2O3S/c1-2-8-12-17(15,16)13-11(9-14)10-6-4-3-5-7-10/h3-7,11-14H,2,8-9H2,1H3/t11-/m0/s1. The van der Waals surface area contributed by atoms with Gasteiger partial charge in [-0.1, -0.05) is 37.3 Å². The molecule has 0 spiro atoms. The molecule has 1 aromatic carbocycles. The first-order chi connectivity index (χ1) is 8.09. The Bertz CT molecular complexity index is 420. The lowest BCUT2D eigenvalue weighted by Gasteiger charge is -2.16. The molecule has 0 aromatic heterocycles. The summed E-state index contributed by atoms with van der Waals surface area (Å²) in [6, 6.07) is 8.34. The van der Waals surface area contributed by atoms with Gasteiger partial charge in [0.15, 0.2) is 0 Å². The Kier molecular flexibility index (Phi) is 5.57. The van der Waals surface area contributed by atoms with E-state index in [0.717, 1.165) is 12.0 Å². The first-order valence-corrected chi connectivity index (χ1v) is 7.00. The first kappa shape index (κ1) is 14.1. The summed E-state index contributed by atoms with van der Waals surface area (Å²) >= 11 is 0. The third kappa shape index (κ3) is 4.82. The molecular weight excluding hydrogens is 240 g/mol. The van der Waals surface area contributed by atoms with Crippen LogP contribution >= 0.6 is 0 Å². The number of aliphatic hydroxyl groups is 1. The molecule has 0 saturated carbocycles. The van der Waals surface area contributed by atoms with E-state index in [1.54, 1.807) is 24.3 Å². The van der Waals surface area contributed by atoms with Gasteiger partial charge in [-0.3, -0.25) is 0 Å². The van der Waals surface area contributed by atoms with Gasteiger partial charge in [0.25, 0.3) is 10.2 Å². The maximum absolute atomic E-state index is 11.6. The molecule has 0 bridgehead atoms. The molecule has 0 amide bonds. The highest BCUT2D eigenvalue weighted by atomic mass is 32.2. The Labute approximate surface area is 102 Å². The molecule has 96 valence electrons. The molecule has 1 rings (SSSR count). The topological polar surface area (TPSA) is 78.4 Å². The number of rotatable bonds is 7. The lowest BCUT2D eigenvalue weighted by atomic mass is 10.1. The second-order valence-corrected chi connectivity index (χ2v) is 5.19. The molecule has 0 fully saturated rings. The second-order valence-electron chi connectivity index (χ2n) is 3.66. The summed E-state index contributed by atoms with van der Waals surface area (Å²) in [6.45, 7) is 1.97. The Morgan fingerprint density at radius 2 is 1.94 bits per heavy atom. The summed E-state index contributed by atoms with van der Waals surface area (Å²) in [7, 11) is -3.56. The maximum Gasteiger partial charge on any atom is 0.277 e. The summed E-state index contributed by atoms with van der Waals surface area (Å²) in [5.41, 5.74) is 0.733. The van der Waals surface area contributed by atoms with Crippen molar-refractivity contribution in [3.63, 3.8) is 0 Å². The number of aliphatic hydroxyl groups excluding tert-OH is 1. The van der Waals surface area contributed by atoms with E-state index < -0.39 is 16.3 Å². The van der Waals surface area contributed by atoms with Crippen LogP contribution in [0.1, 0.15) is 24.9 Å². The molecule has 5 nitrogen and oxygen atoms in total. The van der Waals surface area contributed by atoms with Crippen molar-refractivity contribution in [2.75, 3.05) is 13.2 Å². The van der Waals surface area contributed by atoms with E-state index in [4.69, 9.17) is 0 Å². The summed E-state index contributed by atoms with van der Waals surface area (Å²) < 4.78 is 28.0. The van der Waals surface area contributed by atoms with Gasteiger partial charge in [-0.15, -0.1) is 0 Å². The molecule has 0 aliphatic heterocycles. The van der Waals surface area contributed by atoms with Crippen LogP contribution < -0.4 is 9.44 Å². The van der Waals surface area contributed by atoms with Gasteiger partial charge < -0.3 is 5.11 Å². The number of nitrogens with one attached hydrogen (secondary N) is 2. The van der Waals surface area contributed by atoms with Crippen molar-refractivity contribution >= 4 is 10.2 Å². The number of benzene rings is 1. The fraction of sp³-hybridized carbons (Fsp3) is 0.455. The largest absolute Gasteiger partial charge is 0.394 e. The van der Waals surface area contributed by atoms with Crippen molar-refractivity contribution in [2.45, 2.75) is 19.4 Å². The zero-order chi connectivity index (χ0) is 12.7. The molecule has 0 unspecified atom stereocenters. The molecule has 3 N–H and O–H groups in total. The van der Waals surface area contributed by atoms with Crippen molar-refractivity contribution in [3.05, 3.63) is 35.9 Å². The van der Waals surface area contributed by atoms with Crippen LogP contribution in [0, 0.1) is 0 Å². The van der Waals surface area contributed by atoms with Crippen LogP contribution in [0.2, 0.25) is 0 Å².